The highest BCUT2D eigenvalue weighted by Crippen LogP contribution is 2.55. The first-order valence-corrected chi connectivity index (χ1v) is 13.0. The molecule has 0 saturated heterocycles. The average Bonchev–Trinajstić information content (AvgIpc) is 2.55. The lowest BCUT2D eigenvalue weighted by atomic mass is 9.53. The van der Waals surface area contributed by atoms with Crippen molar-refractivity contribution >= 4 is 25.8 Å². The average molecular weight is 515 g/mol. The van der Waals surface area contributed by atoms with Gasteiger partial charge in [0.2, 0.25) is 0 Å². The van der Waals surface area contributed by atoms with E-state index in [2.05, 4.69) is 5.32 Å². The molecule has 7 nitrogen and oxygen atoms in total. The van der Waals surface area contributed by atoms with Gasteiger partial charge in [-0.2, -0.15) is 26.3 Å². The Bertz CT molecular complexity index is 880. The van der Waals surface area contributed by atoms with Crippen LogP contribution in [0.3, 0.4) is 0 Å². The van der Waals surface area contributed by atoms with Crippen LogP contribution >= 0.6 is 0 Å². The predicted octanol–water partition coefficient (Wildman–Crippen LogP) is 3.66. The summed E-state index contributed by atoms with van der Waals surface area (Å²) in [7, 11) is -13.5. The Labute approximate surface area is 181 Å². The third-order valence-corrected chi connectivity index (χ3v) is 11.2. The first-order valence-electron chi connectivity index (χ1n) is 9.95. The molecule has 1 unspecified atom stereocenters. The molecule has 1 N–H and O–H groups in total. The van der Waals surface area contributed by atoms with Crippen molar-refractivity contribution < 1.29 is 52.7 Å². The number of amides is 1. The second-order valence-corrected chi connectivity index (χ2v) is 13.7. The quantitative estimate of drug-likeness (QED) is 0.542. The number of carbonyl (C=O) groups excluding carboxylic acids is 1. The smallest absolute Gasteiger partial charge is 0.446 e. The van der Waals surface area contributed by atoms with Gasteiger partial charge in [-0.25, -0.2) is 21.6 Å². The molecule has 4 bridgehead atoms. The molecule has 4 aliphatic carbocycles. The van der Waals surface area contributed by atoms with Crippen molar-refractivity contribution in [1.29, 1.82) is 0 Å². The Morgan fingerprint density at radius 2 is 1.28 bits per heavy atom. The Hall–Kier alpha value is -1.25. The molecule has 0 radical (unpaired) electrons. The maximum atomic E-state index is 12.9. The number of halogens is 6. The zero-order valence-electron chi connectivity index (χ0n) is 16.9. The molecular formula is C17H23F6NO6S2. The molecule has 0 aromatic carbocycles. The lowest BCUT2D eigenvalue weighted by Gasteiger charge is -2.56. The summed E-state index contributed by atoms with van der Waals surface area (Å²) in [4.78, 5) is 12.3. The number of carbonyl (C=O) groups is 1. The van der Waals surface area contributed by atoms with Crippen molar-refractivity contribution in [3.8, 4) is 0 Å². The summed E-state index contributed by atoms with van der Waals surface area (Å²) in [5.74, 6) is 1.24. The van der Waals surface area contributed by atoms with E-state index in [0.717, 1.165) is 26.2 Å². The predicted molar refractivity (Wildman–Crippen MR) is 98.3 cm³/mol. The van der Waals surface area contributed by atoms with E-state index in [4.69, 9.17) is 4.74 Å². The third-order valence-electron chi connectivity index (χ3n) is 6.58. The van der Waals surface area contributed by atoms with Crippen LogP contribution in [0.1, 0.15) is 51.9 Å². The molecular weight excluding hydrogens is 492 g/mol. The van der Waals surface area contributed by atoms with E-state index in [1.54, 1.807) is 0 Å². The van der Waals surface area contributed by atoms with Gasteiger partial charge in [0.1, 0.15) is 6.10 Å². The van der Waals surface area contributed by atoms with Gasteiger partial charge >= 0.3 is 17.1 Å². The number of alkyl carbamates (subject to hydrolysis) is 1. The Morgan fingerprint density at radius 1 is 0.906 bits per heavy atom. The van der Waals surface area contributed by atoms with E-state index in [9.17, 15) is 48.0 Å². The molecule has 4 rings (SSSR count). The number of nitrogens with one attached hydrogen (secondary N) is 1. The van der Waals surface area contributed by atoms with Crippen molar-refractivity contribution in [2.75, 3.05) is 0 Å². The van der Waals surface area contributed by atoms with Gasteiger partial charge in [0.05, 0.1) is 0 Å². The van der Waals surface area contributed by atoms with E-state index >= 15 is 0 Å². The zero-order valence-corrected chi connectivity index (χ0v) is 18.5. The van der Waals surface area contributed by atoms with E-state index < -0.39 is 59.4 Å². The summed E-state index contributed by atoms with van der Waals surface area (Å²) in [5, 5.41) is 2.66. The van der Waals surface area contributed by atoms with Gasteiger partial charge in [-0.1, -0.05) is 0 Å². The van der Waals surface area contributed by atoms with E-state index in [0.29, 0.717) is 37.0 Å². The molecule has 4 saturated carbocycles. The molecule has 0 aromatic rings. The molecule has 1 amide bonds. The van der Waals surface area contributed by atoms with Crippen LogP contribution in [0, 0.1) is 17.8 Å². The normalized spacial score (nSPS) is 31.6. The van der Waals surface area contributed by atoms with E-state index in [1.807, 2.05) is 0 Å². The zero-order chi connectivity index (χ0) is 24.3. The van der Waals surface area contributed by atoms with Crippen LogP contribution in [0.25, 0.3) is 0 Å². The topological polar surface area (TPSA) is 107 Å². The molecule has 0 heterocycles. The van der Waals surface area contributed by atoms with Gasteiger partial charge < -0.3 is 10.1 Å². The van der Waals surface area contributed by atoms with E-state index in [-0.39, 0.29) is 0 Å². The Kier molecular flexibility index (Phi) is 6.27. The molecule has 4 aliphatic rings. The second kappa shape index (κ2) is 7.91. The number of ether oxygens (including phenoxy) is 1. The SMILES string of the molecule is CC(CC(S(=O)(=O)C(F)(F)F)S(=O)(=O)C(F)(F)F)OC(=O)NC12CC3CC(CC(C3)C1)C2. The van der Waals surface area contributed by atoms with Crippen LogP contribution in [-0.2, 0) is 24.4 Å². The van der Waals surface area contributed by atoms with Gasteiger partial charge in [-0.15, -0.1) is 0 Å². The summed E-state index contributed by atoms with van der Waals surface area (Å²) >= 11 is 0. The lowest BCUT2D eigenvalue weighted by molar-refractivity contribution is -0.0476. The highest BCUT2D eigenvalue weighted by atomic mass is 32.3. The molecule has 32 heavy (non-hydrogen) atoms. The standard InChI is InChI=1S/C17H23F6NO6S2/c1-9(2-13(31(26,27)16(18,19)20)32(28,29)17(21,22)23)30-14(25)24-15-6-10-3-11(7-15)5-12(4-10)8-15/h9-13H,2-8H2,1H3,(H,24,25). The number of hydrogen-bond donors (Lipinski definition) is 1. The first-order chi connectivity index (χ1) is 14.4. The van der Waals surface area contributed by atoms with Crippen molar-refractivity contribution in [1.82, 2.24) is 5.32 Å². The summed E-state index contributed by atoms with van der Waals surface area (Å²) in [5.41, 5.74) is -13.1. The minimum atomic E-state index is -6.77. The number of alkyl halides is 6. The van der Waals surface area contributed by atoms with Crippen molar-refractivity contribution in [3.63, 3.8) is 0 Å². The summed E-state index contributed by atoms with van der Waals surface area (Å²) in [6.07, 6.45) is 0.436. The van der Waals surface area contributed by atoms with Gasteiger partial charge in [-0.3, -0.25) is 0 Å². The minimum Gasteiger partial charge on any atom is -0.446 e. The third kappa shape index (κ3) is 4.68. The van der Waals surface area contributed by atoms with Crippen LogP contribution in [-0.4, -0.2) is 50.2 Å². The van der Waals surface area contributed by atoms with Crippen LogP contribution in [0.15, 0.2) is 0 Å². The van der Waals surface area contributed by atoms with Crippen LogP contribution in [0.5, 0.6) is 0 Å². The van der Waals surface area contributed by atoms with Crippen LogP contribution in [0.4, 0.5) is 31.1 Å². The van der Waals surface area contributed by atoms with Gasteiger partial charge in [0.25, 0.3) is 19.7 Å². The molecule has 15 heteroatoms. The highest BCUT2D eigenvalue weighted by molar-refractivity contribution is 8.09. The monoisotopic (exact) mass is 515 g/mol. The Balaban J connectivity index is 1.73. The first kappa shape index (κ1) is 25.4. The number of hydrogen-bond acceptors (Lipinski definition) is 6. The van der Waals surface area contributed by atoms with Gasteiger partial charge in [-0.05, 0) is 63.2 Å². The summed E-state index contributed by atoms with van der Waals surface area (Å²) in [6.45, 7) is 0.837. The molecule has 0 aromatic heterocycles. The van der Waals surface area contributed by atoms with Crippen molar-refractivity contribution in [3.05, 3.63) is 0 Å². The fourth-order valence-corrected chi connectivity index (χ4v) is 9.36. The lowest BCUT2D eigenvalue weighted by Crippen LogP contribution is -2.60. The van der Waals surface area contributed by atoms with Crippen molar-refractivity contribution in [2.45, 2.75) is 79.1 Å². The number of rotatable bonds is 6. The highest BCUT2D eigenvalue weighted by Gasteiger charge is 2.63. The molecule has 0 aliphatic heterocycles. The largest absolute Gasteiger partial charge is 0.498 e. The summed E-state index contributed by atoms with van der Waals surface area (Å²) < 4.78 is 125. The van der Waals surface area contributed by atoms with Gasteiger partial charge in [0.15, 0.2) is 4.58 Å². The van der Waals surface area contributed by atoms with Crippen molar-refractivity contribution in [2.24, 2.45) is 17.8 Å². The van der Waals surface area contributed by atoms with Gasteiger partial charge in [0, 0.05) is 12.0 Å². The maximum absolute atomic E-state index is 12.9. The molecule has 186 valence electrons. The minimum absolute atomic E-state index is 0.414. The second-order valence-electron chi connectivity index (χ2n) is 9.19. The van der Waals surface area contributed by atoms with Crippen LogP contribution in [0.2, 0.25) is 0 Å². The fourth-order valence-electron chi connectivity index (χ4n) is 5.73. The molecule has 1 atom stereocenters. The maximum Gasteiger partial charge on any atom is 0.498 e. The molecule has 0 spiro atoms. The fraction of sp³-hybridized carbons (Fsp3) is 0.941. The van der Waals surface area contributed by atoms with Crippen LogP contribution < -0.4 is 5.32 Å². The van der Waals surface area contributed by atoms with E-state index in [1.165, 1.54) is 0 Å². The molecule has 4 fully saturated rings. The summed E-state index contributed by atoms with van der Waals surface area (Å²) in [6, 6.07) is 0. The Morgan fingerprint density at radius 3 is 1.62 bits per heavy atom. The number of sulfone groups is 2.